The molecule has 1 saturated heterocycles. The van der Waals surface area contributed by atoms with Gasteiger partial charge in [-0.15, -0.1) is 12.4 Å². The Kier molecular flexibility index (Phi) is 4.85. The predicted octanol–water partition coefficient (Wildman–Crippen LogP) is 1.98. The fourth-order valence-electron chi connectivity index (χ4n) is 1.80. The lowest BCUT2D eigenvalue weighted by atomic mass is 10.1. The number of halogens is 1. The van der Waals surface area contributed by atoms with Crippen LogP contribution >= 0.6 is 12.4 Å². The second-order valence-electron chi connectivity index (χ2n) is 3.91. The summed E-state index contributed by atoms with van der Waals surface area (Å²) in [5.74, 6) is 0.999. The van der Waals surface area contributed by atoms with E-state index in [0.717, 1.165) is 18.9 Å². The number of aryl methyl sites for hydroxylation is 1. The van der Waals surface area contributed by atoms with Crippen molar-refractivity contribution in [2.24, 2.45) is 0 Å². The van der Waals surface area contributed by atoms with E-state index in [1.807, 2.05) is 12.3 Å². The number of nitrogens with zero attached hydrogens (tertiary/aromatic N) is 1. The molecule has 0 spiro atoms. The van der Waals surface area contributed by atoms with Gasteiger partial charge in [-0.25, -0.2) is 4.98 Å². The molecule has 0 radical (unpaired) electrons. The summed E-state index contributed by atoms with van der Waals surface area (Å²) in [6, 6.07) is 4.65. The lowest BCUT2D eigenvalue weighted by Gasteiger charge is -2.24. The molecule has 1 aliphatic heterocycles. The second kappa shape index (κ2) is 5.93. The number of pyridine rings is 1. The number of hydrogen-bond acceptors (Lipinski definition) is 3. The van der Waals surface area contributed by atoms with Crippen LogP contribution in [-0.2, 0) is 0 Å². The minimum absolute atomic E-state index is 0. The normalized spacial score (nSPS) is 20.5. The monoisotopic (exact) mass is 227 g/mol. The summed E-state index contributed by atoms with van der Waals surface area (Å²) in [5, 5.41) is 6.83. The zero-order chi connectivity index (χ0) is 9.80. The van der Waals surface area contributed by atoms with Crippen molar-refractivity contribution in [2.45, 2.75) is 25.8 Å². The molecule has 0 aromatic carbocycles. The maximum atomic E-state index is 4.29. The van der Waals surface area contributed by atoms with Gasteiger partial charge < -0.3 is 10.6 Å². The van der Waals surface area contributed by atoms with Crippen molar-refractivity contribution >= 4 is 18.2 Å². The summed E-state index contributed by atoms with van der Waals surface area (Å²) in [7, 11) is 0. The Labute approximate surface area is 97.1 Å². The highest BCUT2D eigenvalue weighted by molar-refractivity contribution is 5.85. The highest BCUT2D eigenvalue weighted by Crippen LogP contribution is 2.10. The molecule has 4 heteroatoms. The molecule has 2 rings (SSSR count). The molecular weight excluding hydrogens is 210 g/mol. The van der Waals surface area contributed by atoms with Crippen LogP contribution in [0.25, 0.3) is 0 Å². The van der Waals surface area contributed by atoms with Gasteiger partial charge in [0.25, 0.3) is 0 Å². The Bertz CT molecular complexity index is 298. The van der Waals surface area contributed by atoms with Gasteiger partial charge >= 0.3 is 0 Å². The van der Waals surface area contributed by atoms with E-state index >= 15 is 0 Å². The lowest BCUT2D eigenvalue weighted by molar-refractivity contribution is 0.479. The molecule has 84 valence electrons. The van der Waals surface area contributed by atoms with Crippen molar-refractivity contribution in [3.63, 3.8) is 0 Å². The topological polar surface area (TPSA) is 37.0 Å². The van der Waals surface area contributed by atoms with E-state index in [2.05, 4.69) is 28.6 Å². The Morgan fingerprint density at radius 3 is 3.07 bits per heavy atom. The zero-order valence-corrected chi connectivity index (χ0v) is 9.81. The Morgan fingerprint density at radius 1 is 1.53 bits per heavy atom. The maximum Gasteiger partial charge on any atom is 0.126 e. The fraction of sp³-hybridized carbons (Fsp3) is 0.545. The SMILES string of the molecule is Cc1ccnc(N[C@@H]2CCCNC2)c1.Cl. The number of piperidine rings is 1. The maximum absolute atomic E-state index is 4.29. The highest BCUT2D eigenvalue weighted by Gasteiger charge is 2.12. The molecule has 1 aromatic rings. The summed E-state index contributed by atoms with van der Waals surface area (Å²) in [6.45, 7) is 4.29. The van der Waals surface area contributed by atoms with Crippen molar-refractivity contribution < 1.29 is 0 Å². The number of aromatic nitrogens is 1. The van der Waals surface area contributed by atoms with Gasteiger partial charge in [-0.1, -0.05) is 0 Å². The van der Waals surface area contributed by atoms with Gasteiger partial charge in [-0.3, -0.25) is 0 Å². The molecule has 2 N–H and O–H groups in total. The summed E-state index contributed by atoms with van der Waals surface area (Å²) in [4.78, 5) is 4.29. The van der Waals surface area contributed by atoms with Crippen LogP contribution in [0.15, 0.2) is 18.3 Å². The van der Waals surface area contributed by atoms with Gasteiger partial charge in [0.1, 0.15) is 5.82 Å². The van der Waals surface area contributed by atoms with Gasteiger partial charge in [-0.05, 0) is 44.0 Å². The molecule has 0 amide bonds. The largest absolute Gasteiger partial charge is 0.366 e. The van der Waals surface area contributed by atoms with Crippen molar-refractivity contribution in [3.8, 4) is 0 Å². The van der Waals surface area contributed by atoms with E-state index in [0.29, 0.717) is 6.04 Å². The molecule has 3 nitrogen and oxygen atoms in total. The molecule has 1 atom stereocenters. The molecule has 1 aromatic heterocycles. The standard InChI is InChI=1S/C11H17N3.ClH/c1-9-4-6-13-11(7-9)14-10-3-2-5-12-8-10;/h4,6-7,10,12H,2-3,5,8H2,1H3,(H,13,14);1H/t10-;/m1./s1. The molecule has 15 heavy (non-hydrogen) atoms. The Morgan fingerprint density at radius 2 is 2.40 bits per heavy atom. The summed E-state index contributed by atoms with van der Waals surface area (Å²) < 4.78 is 0. The van der Waals surface area contributed by atoms with Gasteiger partial charge in [0.15, 0.2) is 0 Å². The van der Waals surface area contributed by atoms with Crippen LogP contribution in [0.2, 0.25) is 0 Å². The minimum Gasteiger partial charge on any atom is -0.366 e. The van der Waals surface area contributed by atoms with Crippen LogP contribution < -0.4 is 10.6 Å². The highest BCUT2D eigenvalue weighted by atomic mass is 35.5. The molecule has 0 saturated carbocycles. The van der Waals surface area contributed by atoms with E-state index in [9.17, 15) is 0 Å². The van der Waals surface area contributed by atoms with E-state index in [1.165, 1.54) is 18.4 Å². The minimum atomic E-state index is 0. The van der Waals surface area contributed by atoms with Crippen LogP contribution in [0.1, 0.15) is 18.4 Å². The zero-order valence-electron chi connectivity index (χ0n) is 8.99. The first kappa shape index (κ1) is 12.3. The van der Waals surface area contributed by atoms with E-state index < -0.39 is 0 Å². The first-order chi connectivity index (χ1) is 6.84. The van der Waals surface area contributed by atoms with Crippen molar-refractivity contribution in [2.75, 3.05) is 18.4 Å². The molecule has 0 bridgehead atoms. The number of anilines is 1. The summed E-state index contributed by atoms with van der Waals surface area (Å²) in [5.41, 5.74) is 1.26. The smallest absolute Gasteiger partial charge is 0.126 e. The quantitative estimate of drug-likeness (QED) is 0.811. The fourth-order valence-corrected chi connectivity index (χ4v) is 1.80. The summed E-state index contributed by atoms with van der Waals surface area (Å²) >= 11 is 0. The molecule has 1 aliphatic rings. The van der Waals surface area contributed by atoms with Crippen LogP contribution in [0.5, 0.6) is 0 Å². The lowest BCUT2D eigenvalue weighted by Crippen LogP contribution is -2.38. The van der Waals surface area contributed by atoms with Crippen LogP contribution in [0, 0.1) is 6.92 Å². The second-order valence-corrected chi connectivity index (χ2v) is 3.91. The predicted molar refractivity (Wildman–Crippen MR) is 65.7 cm³/mol. The van der Waals surface area contributed by atoms with Gasteiger partial charge in [0.2, 0.25) is 0 Å². The third-order valence-corrected chi connectivity index (χ3v) is 2.56. The Hall–Kier alpha value is -0.800. The van der Waals surface area contributed by atoms with Crippen LogP contribution in [0.4, 0.5) is 5.82 Å². The third-order valence-electron chi connectivity index (χ3n) is 2.56. The van der Waals surface area contributed by atoms with Gasteiger partial charge in [0.05, 0.1) is 0 Å². The molecular formula is C11H18ClN3. The number of rotatable bonds is 2. The first-order valence-corrected chi connectivity index (χ1v) is 5.24. The molecule has 1 fully saturated rings. The third kappa shape index (κ3) is 3.68. The average molecular weight is 228 g/mol. The number of hydrogen-bond donors (Lipinski definition) is 2. The van der Waals surface area contributed by atoms with Gasteiger partial charge in [0, 0.05) is 18.8 Å². The summed E-state index contributed by atoms with van der Waals surface area (Å²) in [6.07, 6.45) is 4.35. The first-order valence-electron chi connectivity index (χ1n) is 5.24. The molecule has 0 unspecified atom stereocenters. The van der Waals surface area contributed by atoms with Crippen LogP contribution in [0.3, 0.4) is 0 Å². The number of nitrogens with one attached hydrogen (secondary N) is 2. The van der Waals surface area contributed by atoms with E-state index in [-0.39, 0.29) is 12.4 Å². The van der Waals surface area contributed by atoms with E-state index in [4.69, 9.17) is 0 Å². The molecule has 2 heterocycles. The van der Waals surface area contributed by atoms with Gasteiger partial charge in [-0.2, -0.15) is 0 Å². The van der Waals surface area contributed by atoms with Crippen molar-refractivity contribution in [1.29, 1.82) is 0 Å². The average Bonchev–Trinajstić information content (AvgIpc) is 2.19. The van der Waals surface area contributed by atoms with E-state index in [1.54, 1.807) is 0 Å². The molecule has 0 aliphatic carbocycles. The van der Waals surface area contributed by atoms with Crippen molar-refractivity contribution in [1.82, 2.24) is 10.3 Å². The Balaban J connectivity index is 0.00000112. The van der Waals surface area contributed by atoms with Crippen LogP contribution in [-0.4, -0.2) is 24.1 Å². The van der Waals surface area contributed by atoms with Crippen molar-refractivity contribution in [3.05, 3.63) is 23.9 Å².